The lowest BCUT2D eigenvalue weighted by molar-refractivity contribution is 0.159. The Hall–Kier alpha value is -1.82. The maximum atomic E-state index is 12.0. The Morgan fingerprint density at radius 3 is 2.75 bits per heavy atom. The molecular formula is C14H21N3O3. The van der Waals surface area contributed by atoms with E-state index in [1.54, 1.807) is 20.2 Å². The number of anilines is 1. The fourth-order valence-electron chi connectivity index (χ4n) is 2.26. The molecule has 1 heterocycles. The number of carbonyl (C=O) groups excluding carboxylic acids is 1. The molecule has 1 aromatic rings. The first-order valence-corrected chi connectivity index (χ1v) is 6.73. The van der Waals surface area contributed by atoms with Crippen LogP contribution in [0, 0.1) is 12.8 Å². The average molecular weight is 279 g/mol. The largest absolute Gasteiger partial charge is 0.394 e. The van der Waals surface area contributed by atoms with Gasteiger partial charge in [0.25, 0.3) is 5.56 Å². The van der Waals surface area contributed by atoms with E-state index in [1.807, 2.05) is 6.92 Å². The zero-order chi connectivity index (χ0) is 14.9. The van der Waals surface area contributed by atoms with Crippen molar-refractivity contribution in [2.75, 3.05) is 11.9 Å². The summed E-state index contributed by atoms with van der Waals surface area (Å²) in [5.74, 6) is 0.333. The van der Waals surface area contributed by atoms with Gasteiger partial charge in [-0.2, -0.15) is 0 Å². The monoisotopic (exact) mass is 279 g/mol. The first-order valence-electron chi connectivity index (χ1n) is 6.73. The van der Waals surface area contributed by atoms with E-state index in [4.69, 9.17) is 0 Å². The number of hydrogen-bond donors (Lipinski definition) is 3. The van der Waals surface area contributed by atoms with Crippen molar-refractivity contribution in [2.45, 2.75) is 32.2 Å². The summed E-state index contributed by atoms with van der Waals surface area (Å²) in [7, 11) is 1.63. The van der Waals surface area contributed by atoms with E-state index in [-0.39, 0.29) is 18.2 Å². The normalized spacial score (nSPS) is 17.4. The number of hydrogen-bond acceptors (Lipinski definition) is 3. The van der Waals surface area contributed by atoms with E-state index in [2.05, 4.69) is 10.6 Å². The molecule has 1 saturated carbocycles. The number of rotatable bonds is 4. The molecule has 0 aliphatic heterocycles. The molecule has 2 amide bonds. The average Bonchev–Trinajstić information content (AvgIpc) is 3.20. The summed E-state index contributed by atoms with van der Waals surface area (Å²) in [6.07, 6.45) is 3.64. The molecule has 6 heteroatoms. The second-order valence-electron chi connectivity index (χ2n) is 5.75. The van der Waals surface area contributed by atoms with Crippen LogP contribution < -0.4 is 16.2 Å². The van der Waals surface area contributed by atoms with Crippen molar-refractivity contribution in [1.82, 2.24) is 9.88 Å². The van der Waals surface area contributed by atoms with Gasteiger partial charge >= 0.3 is 6.03 Å². The van der Waals surface area contributed by atoms with E-state index in [0.29, 0.717) is 17.2 Å². The smallest absolute Gasteiger partial charge is 0.319 e. The molecule has 20 heavy (non-hydrogen) atoms. The Morgan fingerprint density at radius 2 is 2.20 bits per heavy atom. The van der Waals surface area contributed by atoms with Crippen molar-refractivity contribution >= 4 is 11.7 Å². The van der Waals surface area contributed by atoms with Crippen molar-refractivity contribution in [1.29, 1.82) is 0 Å². The molecule has 0 bridgehead atoms. The van der Waals surface area contributed by atoms with Crippen LogP contribution in [0.1, 0.15) is 25.3 Å². The van der Waals surface area contributed by atoms with Crippen LogP contribution in [0.2, 0.25) is 0 Å². The first kappa shape index (κ1) is 14.6. The third kappa shape index (κ3) is 3.01. The highest BCUT2D eigenvalue weighted by atomic mass is 16.3. The molecule has 3 N–H and O–H groups in total. The van der Waals surface area contributed by atoms with Gasteiger partial charge in [0.1, 0.15) is 0 Å². The van der Waals surface area contributed by atoms with Gasteiger partial charge in [-0.3, -0.25) is 4.79 Å². The number of aromatic nitrogens is 1. The van der Waals surface area contributed by atoms with Crippen LogP contribution in [0.4, 0.5) is 10.5 Å². The molecule has 6 nitrogen and oxygen atoms in total. The Labute approximate surface area is 117 Å². The van der Waals surface area contributed by atoms with E-state index in [1.165, 1.54) is 10.6 Å². The molecule has 1 atom stereocenters. The molecule has 1 fully saturated rings. The summed E-state index contributed by atoms with van der Waals surface area (Å²) >= 11 is 0. The highest BCUT2D eigenvalue weighted by Crippen LogP contribution is 2.39. The minimum Gasteiger partial charge on any atom is -0.394 e. The number of amides is 2. The van der Waals surface area contributed by atoms with Crippen molar-refractivity contribution in [2.24, 2.45) is 13.0 Å². The van der Waals surface area contributed by atoms with Gasteiger partial charge in [-0.25, -0.2) is 4.79 Å². The number of urea groups is 1. The van der Waals surface area contributed by atoms with Gasteiger partial charge in [-0.05, 0) is 38.2 Å². The number of aliphatic hydroxyl groups is 1. The summed E-state index contributed by atoms with van der Waals surface area (Å²) in [5, 5.41) is 15.0. The van der Waals surface area contributed by atoms with E-state index >= 15 is 0 Å². The quantitative estimate of drug-likeness (QED) is 0.768. The molecular weight excluding hydrogens is 258 g/mol. The zero-order valence-electron chi connectivity index (χ0n) is 12.1. The van der Waals surface area contributed by atoms with Crippen molar-refractivity contribution < 1.29 is 9.90 Å². The van der Waals surface area contributed by atoms with Gasteiger partial charge in [0.05, 0.1) is 17.8 Å². The molecule has 110 valence electrons. The van der Waals surface area contributed by atoms with Gasteiger partial charge in [-0.1, -0.05) is 0 Å². The van der Waals surface area contributed by atoms with Crippen LogP contribution in [0.5, 0.6) is 0 Å². The predicted octanol–water partition coefficient (Wildman–Crippen LogP) is 0.976. The third-order valence-corrected chi connectivity index (χ3v) is 3.89. The summed E-state index contributed by atoms with van der Waals surface area (Å²) in [4.78, 5) is 23.5. The highest BCUT2D eigenvalue weighted by Gasteiger charge is 2.42. The molecule has 2 rings (SSSR count). The van der Waals surface area contributed by atoms with E-state index in [0.717, 1.165) is 12.8 Å². The summed E-state index contributed by atoms with van der Waals surface area (Å²) in [5.41, 5.74) is 0.589. The fraction of sp³-hybridized carbons (Fsp3) is 0.571. The Balaban J connectivity index is 2.08. The van der Waals surface area contributed by atoms with Crippen LogP contribution >= 0.6 is 0 Å². The van der Waals surface area contributed by atoms with Crippen LogP contribution in [0.15, 0.2) is 17.1 Å². The summed E-state index contributed by atoms with van der Waals surface area (Å²) in [6, 6.07) is 1.11. The lowest BCUT2D eigenvalue weighted by atomic mass is 9.97. The van der Waals surface area contributed by atoms with Gasteiger partial charge in [-0.15, -0.1) is 0 Å². The fourth-order valence-corrected chi connectivity index (χ4v) is 2.26. The molecule has 0 radical (unpaired) electrons. The summed E-state index contributed by atoms with van der Waals surface area (Å²) < 4.78 is 1.41. The number of carbonyl (C=O) groups is 1. The number of pyridine rings is 1. The van der Waals surface area contributed by atoms with Crippen molar-refractivity contribution in [3.8, 4) is 0 Å². The van der Waals surface area contributed by atoms with Crippen LogP contribution in [0.25, 0.3) is 0 Å². The van der Waals surface area contributed by atoms with Crippen LogP contribution in [-0.2, 0) is 7.05 Å². The van der Waals surface area contributed by atoms with Gasteiger partial charge in [0, 0.05) is 19.3 Å². The second kappa shape index (κ2) is 5.28. The topological polar surface area (TPSA) is 83.4 Å². The van der Waals surface area contributed by atoms with Gasteiger partial charge in [0.15, 0.2) is 0 Å². The van der Waals surface area contributed by atoms with E-state index in [9.17, 15) is 14.7 Å². The van der Waals surface area contributed by atoms with Crippen molar-refractivity contribution in [3.63, 3.8) is 0 Å². The lowest BCUT2D eigenvalue weighted by Crippen LogP contribution is -2.52. The van der Waals surface area contributed by atoms with Gasteiger partial charge in [0.2, 0.25) is 0 Å². The first-order chi connectivity index (χ1) is 9.35. The maximum Gasteiger partial charge on any atom is 0.319 e. The SMILES string of the molecule is Cc1cc(=O)n(C)cc1NC(=O)NC(C)(CO)C1CC1. The van der Waals surface area contributed by atoms with Crippen LogP contribution in [0.3, 0.4) is 0 Å². The summed E-state index contributed by atoms with van der Waals surface area (Å²) in [6.45, 7) is 3.53. The minimum absolute atomic E-state index is 0.0860. The number of nitrogens with one attached hydrogen (secondary N) is 2. The second-order valence-corrected chi connectivity index (χ2v) is 5.75. The standard InChI is InChI=1S/C14H21N3O3/c1-9-6-12(19)17(3)7-11(9)15-13(20)16-14(2,8-18)10-4-5-10/h6-7,10,18H,4-5,8H2,1-3H3,(H2,15,16,20). The molecule has 0 spiro atoms. The lowest BCUT2D eigenvalue weighted by Gasteiger charge is -2.28. The Kier molecular flexibility index (Phi) is 3.85. The third-order valence-electron chi connectivity index (χ3n) is 3.89. The molecule has 1 unspecified atom stereocenters. The molecule has 1 aromatic heterocycles. The Bertz CT molecular complexity index is 578. The molecule has 0 saturated heterocycles. The molecule has 1 aliphatic rings. The van der Waals surface area contributed by atoms with Crippen LogP contribution in [-0.4, -0.2) is 27.9 Å². The highest BCUT2D eigenvalue weighted by molar-refractivity contribution is 5.90. The number of aliphatic hydroxyl groups excluding tert-OH is 1. The van der Waals surface area contributed by atoms with Gasteiger partial charge < -0.3 is 20.3 Å². The zero-order valence-corrected chi connectivity index (χ0v) is 12.1. The number of nitrogens with zero attached hydrogens (tertiary/aromatic N) is 1. The predicted molar refractivity (Wildman–Crippen MR) is 76.8 cm³/mol. The Morgan fingerprint density at radius 1 is 1.55 bits per heavy atom. The maximum absolute atomic E-state index is 12.0. The van der Waals surface area contributed by atoms with E-state index < -0.39 is 5.54 Å². The van der Waals surface area contributed by atoms with Crippen molar-refractivity contribution in [3.05, 3.63) is 28.2 Å². The minimum atomic E-state index is -0.585. The molecule has 0 aromatic carbocycles. The molecule has 1 aliphatic carbocycles. The number of aryl methyl sites for hydroxylation is 2.